The maximum Gasteiger partial charge on any atom is 0.416 e. The lowest BCUT2D eigenvalue weighted by atomic mass is 9.95. The Morgan fingerprint density at radius 3 is 2.48 bits per heavy atom. The van der Waals surface area contributed by atoms with Gasteiger partial charge in [-0.1, -0.05) is 38.5 Å². The molecule has 0 saturated carbocycles. The number of alkyl halides is 3. The van der Waals surface area contributed by atoms with Gasteiger partial charge in [-0.3, -0.25) is 4.79 Å². The van der Waals surface area contributed by atoms with E-state index in [1.165, 1.54) is 12.1 Å². The highest BCUT2D eigenvalue weighted by atomic mass is 19.4. The van der Waals surface area contributed by atoms with Crippen LogP contribution >= 0.6 is 0 Å². The molecule has 1 aromatic carbocycles. The molecule has 2 N–H and O–H groups in total. The monoisotopic (exact) mass is 331 g/mol. The summed E-state index contributed by atoms with van der Waals surface area (Å²) in [5.41, 5.74) is -0.381. The molecule has 0 aliphatic heterocycles. The molecule has 0 spiro atoms. The van der Waals surface area contributed by atoms with Crippen LogP contribution in [-0.4, -0.2) is 23.0 Å². The number of carbonyl (C=O) groups is 2. The summed E-state index contributed by atoms with van der Waals surface area (Å²) >= 11 is 0. The zero-order chi connectivity index (χ0) is 17.6. The van der Waals surface area contributed by atoms with Crippen molar-refractivity contribution in [3.8, 4) is 0 Å². The summed E-state index contributed by atoms with van der Waals surface area (Å²) in [6, 6.07) is 3.83. The standard InChI is InChI=1S/C16H20F3NO3/c1-3-5-13(15(22)23)20-14(21)8-10(2)11-6-4-7-12(9-11)16(17,18)19/h4,6-7,9-10,13H,3,5,8H2,1-2H3,(H,20,21)(H,22,23). The largest absolute Gasteiger partial charge is 0.480 e. The van der Waals surface area contributed by atoms with Gasteiger partial charge in [0.05, 0.1) is 5.56 Å². The maximum absolute atomic E-state index is 12.7. The first-order chi connectivity index (χ1) is 10.6. The fourth-order valence-corrected chi connectivity index (χ4v) is 2.22. The second kappa shape index (κ2) is 7.99. The predicted molar refractivity (Wildman–Crippen MR) is 79.0 cm³/mol. The Bertz CT molecular complexity index is 558. The second-order valence-corrected chi connectivity index (χ2v) is 5.48. The lowest BCUT2D eigenvalue weighted by Crippen LogP contribution is -2.41. The summed E-state index contributed by atoms with van der Waals surface area (Å²) in [5.74, 6) is -2.06. The molecule has 2 unspecified atom stereocenters. The number of carbonyl (C=O) groups excluding carboxylic acids is 1. The van der Waals surface area contributed by atoms with Crippen molar-refractivity contribution in [2.75, 3.05) is 0 Å². The SMILES string of the molecule is CCCC(NC(=O)CC(C)c1cccc(C(F)(F)F)c1)C(=O)O. The van der Waals surface area contributed by atoms with Crippen molar-refractivity contribution in [1.29, 1.82) is 0 Å². The molecule has 0 radical (unpaired) electrons. The van der Waals surface area contributed by atoms with Crippen molar-refractivity contribution < 1.29 is 27.9 Å². The van der Waals surface area contributed by atoms with E-state index in [-0.39, 0.29) is 6.42 Å². The van der Waals surface area contributed by atoms with E-state index in [0.29, 0.717) is 18.4 Å². The summed E-state index contributed by atoms with van der Waals surface area (Å²) in [6.07, 6.45) is -3.61. The Morgan fingerprint density at radius 1 is 1.30 bits per heavy atom. The van der Waals surface area contributed by atoms with Crippen molar-refractivity contribution in [3.63, 3.8) is 0 Å². The summed E-state index contributed by atoms with van der Waals surface area (Å²) in [7, 11) is 0. The minimum atomic E-state index is -4.44. The van der Waals surface area contributed by atoms with Crippen LogP contribution in [0.2, 0.25) is 0 Å². The van der Waals surface area contributed by atoms with Crippen LogP contribution in [0.4, 0.5) is 13.2 Å². The van der Waals surface area contributed by atoms with Gasteiger partial charge in [0.1, 0.15) is 6.04 Å². The van der Waals surface area contributed by atoms with E-state index in [0.717, 1.165) is 12.1 Å². The van der Waals surface area contributed by atoms with Crippen molar-refractivity contribution >= 4 is 11.9 Å². The average molecular weight is 331 g/mol. The van der Waals surface area contributed by atoms with Crippen LogP contribution in [0.3, 0.4) is 0 Å². The van der Waals surface area contributed by atoms with Crippen molar-refractivity contribution in [2.24, 2.45) is 0 Å². The van der Waals surface area contributed by atoms with Gasteiger partial charge in [0.2, 0.25) is 5.91 Å². The number of carboxylic acid groups (broad SMARTS) is 1. The lowest BCUT2D eigenvalue weighted by molar-refractivity contribution is -0.142. The fourth-order valence-electron chi connectivity index (χ4n) is 2.22. The quantitative estimate of drug-likeness (QED) is 0.803. The van der Waals surface area contributed by atoms with E-state index in [1.807, 2.05) is 0 Å². The first-order valence-corrected chi connectivity index (χ1v) is 7.34. The zero-order valence-corrected chi connectivity index (χ0v) is 13.0. The normalized spacial score (nSPS) is 14.1. The molecular formula is C16H20F3NO3. The van der Waals surface area contributed by atoms with E-state index in [9.17, 15) is 22.8 Å². The molecule has 2 atom stereocenters. The highest BCUT2D eigenvalue weighted by molar-refractivity contribution is 5.83. The van der Waals surface area contributed by atoms with Crippen LogP contribution in [0.5, 0.6) is 0 Å². The molecule has 1 aromatic rings. The highest BCUT2D eigenvalue weighted by Crippen LogP contribution is 2.31. The van der Waals surface area contributed by atoms with Crippen LogP contribution in [-0.2, 0) is 15.8 Å². The number of hydrogen-bond acceptors (Lipinski definition) is 2. The predicted octanol–water partition coefficient (Wildman–Crippen LogP) is 3.57. The molecule has 0 saturated heterocycles. The number of rotatable bonds is 7. The first-order valence-electron chi connectivity index (χ1n) is 7.34. The molecule has 1 rings (SSSR count). The van der Waals surface area contributed by atoms with Gasteiger partial charge in [-0.2, -0.15) is 13.2 Å². The number of hydrogen-bond donors (Lipinski definition) is 2. The Morgan fingerprint density at radius 2 is 1.96 bits per heavy atom. The van der Waals surface area contributed by atoms with Gasteiger partial charge in [0.25, 0.3) is 0 Å². The molecule has 0 bridgehead atoms. The molecule has 0 fully saturated rings. The molecular weight excluding hydrogens is 311 g/mol. The van der Waals surface area contributed by atoms with Gasteiger partial charge in [0.15, 0.2) is 0 Å². The summed E-state index contributed by atoms with van der Waals surface area (Å²) < 4.78 is 38.1. The van der Waals surface area contributed by atoms with E-state index in [4.69, 9.17) is 5.11 Å². The van der Waals surface area contributed by atoms with Gasteiger partial charge in [-0.25, -0.2) is 4.79 Å². The number of benzene rings is 1. The summed E-state index contributed by atoms with van der Waals surface area (Å²) in [4.78, 5) is 22.9. The fraction of sp³-hybridized carbons (Fsp3) is 0.500. The summed E-state index contributed by atoms with van der Waals surface area (Å²) in [5, 5.41) is 11.4. The van der Waals surface area contributed by atoms with Crippen LogP contribution in [0, 0.1) is 0 Å². The molecule has 128 valence electrons. The Kier molecular flexibility index (Phi) is 6.60. The third-order valence-electron chi connectivity index (χ3n) is 3.49. The number of amides is 1. The number of nitrogens with one attached hydrogen (secondary N) is 1. The van der Waals surface area contributed by atoms with E-state index in [2.05, 4.69) is 5.32 Å². The molecule has 23 heavy (non-hydrogen) atoms. The lowest BCUT2D eigenvalue weighted by Gasteiger charge is -2.17. The smallest absolute Gasteiger partial charge is 0.416 e. The molecule has 0 aliphatic carbocycles. The van der Waals surface area contributed by atoms with Crippen LogP contribution in [0.1, 0.15) is 50.2 Å². The van der Waals surface area contributed by atoms with Gasteiger partial charge < -0.3 is 10.4 Å². The Balaban J connectivity index is 2.73. The molecule has 0 aromatic heterocycles. The average Bonchev–Trinajstić information content (AvgIpc) is 2.45. The van der Waals surface area contributed by atoms with Gasteiger partial charge in [-0.15, -0.1) is 0 Å². The van der Waals surface area contributed by atoms with E-state index < -0.39 is 35.6 Å². The number of halogens is 3. The van der Waals surface area contributed by atoms with Gasteiger partial charge >= 0.3 is 12.1 Å². The molecule has 0 heterocycles. The topological polar surface area (TPSA) is 66.4 Å². The zero-order valence-electron chi connectivity index (χ0n) is 13.0. The van der Waals surface area contributed by atoms with Gasteiger partial charge in [-0.05, 0) is 24.0 Å². The minimum Gasteiger partial charge on any atom is -0.480 e. The minimum absolute atomic E-state index is 0.0746. The van der Waals surface area contributed by atoms with E-state index in [1.54, 1.807) is 13.8 Å². The third-order valence-corrected chi connectivity index (χ3v) is 3.49. The van der Waals surface area contributed by atoms with E-state index >= 15 is 0 Å². The Hall–Kier alpha value is -2.05. The molecule has 4 nitrogen and oxygen atoms in total. The van der Waals surface area contributed by atoms with Crippen LogP contribution < -0.4 is 5.32 Å². The van der Waals surface area contributed by atoms with Crippen molar-refractivity contribution in [2.45, 2.75) is 51.2 Å². The highest BCUT2D eigenvalue weighted by Gasteiger charge is 2.31. The molecule has 1 amide bonds. The van der Waals surface area contributed by atoms with Crippen molar-refractivity contribution in [1.82, 2.24) is 5.32 Å². The van der Waals surface area contributed by atoms with Crippen molar-refractivity contribution in [3.05, 3.63) is 35.4 Å². The van der Waals surface area contributed by atoms with Crippen LogP contribution in [0.25, 0.3) is 0 Å². The number of aliphatic carboxylic acids is 1. The number of carboxylic acids is 1. The summed E-state index contributed by atoms with van der Waals surface area (Å²) in [6.45, 7) is 3.43. The second-order valence-electron chi connectivity index (χ2n) is 5.48. The molecule has 7 heteroatoms. The molecule has 0 aliphatic rings. The van der Waals surface area contributed by atoms with Gasteiger partial charge in [0, 0.05) is 6.42 Å². The van der Waals surface area contributed by atoms with Crippen LogP contribution in [0.15, 0.2) is 24.3 Å². The third kappa shape index (κ3) is 5.92. The Labute approximate surface area is 132 Å². The maximum atomic E-state index is 12.7. The first kappa shape index (κ1) is 19.0.